The lowest BCUT2D eigenvalue weighted by Gasteiger charge is -2.12. The SMILES string of the molecule is COc1ccc([N+](=O)[O-])cc1NS(=O)(=O)c1ccc(C(=O)NCCCCOc2ccccc2)cc1. The van der Waals surface area contributed by atoms with Gasteiger partial charge in [-0.15, -0.1) is 0 Å². The molecule has 0 saturated heterocycles. The van der Waals surface area contributed by atoms with E-state index in [-0.39, 0.29) is 27.9 Å². The average molecular weight is 500 g/mol. The van der Waals surface area contributed by atoms with Crippen molar-refractivity contribution in [3.8, 4) is 11.5 Å². The van der Waals surface area contributed by atoms with E-state index in [9.17, 15) is 23.3 Å². The third-order valence-electron chi connectivity index (χ3n) is 4.93. The van der Waals surface area contributed by atoms with Crippen molar-refractivity contribution < 1.29 is 27.6 Å². The van der Waals surface area contributed by atoms with Crippen LogP contribution in [0.3, 0.4) is 0 Å². The molecule has 0 saturated carbocycles. The van der Waals surface area contributed by atoms with Crippen LogP contribution in [0.5, 0.6) is 11.5 Å². The molecule has 0 aromatic heterocycles. The third kappa shape index (κ3) is 7.18. The molecule has 0 aliphatic rings. The maximum atomic E-state index is 12.8. The van der Waals surface area contributed by atoms with Crippen molar-refractivity contribution in [1.29, 1.82) is 0 Å². The number of para-hydroxylation sites is 1. The molecular weight excluding hydrogens is 474 g/mol. The maximum Gasteiger partial charge on any atom is 0.271 e. The zero-order chi connectivity index (χ0) is 25.3. The lowest BCUT2D eigenvalue weighted by atomic mass is 10.2. The Bertz CT molecular complexity index is 1260. The van der Waals surface area contributed by atoms with Crippen molar-refractivity contribution in [3.05, 3.63) is 88.5 Å². The largest absolute Gasteiger partial charge is 0.495 e. The highest BCUT2D eigenvalue weighted by Crippen LogP contribution is 2.30. The van der Waals surface area contributed by atoms with Crippen molar-refractivity contribution in [2.24, 2.45) is 0 Å². The number of methoxy groups -OCH3 is 1. The summed E-state index contributed by atoms with van der Waals surface area (Å²) in [6, 6.07) is 18.4. The number of nitrogens with zero attached hydrogens (tertiary/aromatic N) is 1. The van der Waals surface area contributed by atoms with Gasteiger partial charge in [0.15, 0.2) is 0 Å². The van der Waals surface area contributed by atoms with E-state index in [1.165, 1.54) is 43.5 Å². The molecular formula is C24H25N3O7S. The number of nitro groups is 1. The molecule has 3 aromatic rings. The normalized spacial score (nSPS) is 10.9. The second-order valence-electron chi connectivity index (χ2n) is 7.40. The fourth-order valence-electron chi connectivity index (χ4n) is 3.12. The number of benzene rings is 3. The van der Waals surface area contributed by atoms with Crippen LogP contribution in [-0.2, 0) is 10.0 Å². The van der Waals surface area contributed by atoms with Gasteiger partial charge in [-0.1, -0.05) is 18.2 Å². The van der Waals surface area contributed by atoms with Crippen LogP contribution in [0, 0.1) is 10.1 Å². The first-order valence-corrected chi connectivity index (χ1v) is 12.2. The van der Waals surface area contributed by atoms with E-state index in [0.717, 1.165) is 24.7 Å². The molecule has 0 fully saturated rings. The minimum atomic E-state index is -4.08. The topological polar surface area (TPSA) is 137 Å². The molecule has 3 aromatic carbocycles. The van der Waals surface area contributed by atoms with Gasteiger partial charge in [0.2, 0.25) is 0 Å². The molecule has 0 unspecified atom stereocenters. The van der Waals surface area contributed by atoms with Crippen LogP contribution < -0.4 is 19.5 Å². The maximum absolute atomic E-state index is 12.8. The van der Waals surface area contributed by atoms with Gasteiger partial charge in [0.1, 0.15) is 11.5 Å². The zero-order valence-corrected chi connectivity index (χ0v) is 19.8. The molecule has 0 bridgehead atoms. The molecule has 35 heavy (non-hydrogen) atoms. The summed E-state index contributed by atoms with van der Waals surface area (Å²) in [4.78, 5) is 22.6. The number of carbonyl (C=O) groups is 1. The number of nitrogens with one attached hydrogen (secondary N) is 2. The van der Waals surface area contributed by atoms with E-state index in [4.69, 9.17) is 9.47 Å². The molecule has 11 heteroatoms. The molecule has 184 valence electrons. The Morgan fingerprint density at radius 1 is 1.00 bits per heavy atom. The highest BCUT2D eigenvalue weighted by Gasteiger charge is 2.19. The van der Waals surface area contributed by atoms with E-state index < -0.39 is 14.9 Å². The predicted octanol–water partition coefficient (Wildman–Crippen LogP) is 3.99. The van der Waals surface area contributed by atoms with Gasteiger partial charge in [-0.2, -0.15) is 0 Å². The molecule has 0 aliphatic carbocycles. The Morgan fingerprint density at radius 3 is 2.37 bits per heavy atom. The van der Waals surface area contributed by atoms with E-state index in [1.807, 2.05) is 30.3 Å². The first-order chi connectivity index (χ1) is 16.8. The molecule has 2 N–H and O–H groups in total. The van der Waals surface area contributed by atoms with Gasteiger partial charge in [0, 0.05) is 24.2 Å². The predicted molar refractivity (Wildman–Crippen MR) is 130 cm³/mol. The summed E-state index contributed by atoms with van der Waals surface area (Å²) < 4.78 is 38.5. The minimum absolute atomic E-state index is 0.0697. The van der Waals surface area contributed by atoms with Gasteiger partial charge >= 0.3 is 0 Å². The van der Waals surface area contributed by atoms with Crippen molar-refractivity contribution in [1.82, 2.24) is 5.32 Å². The molecule has 0 atom stereocenters. The molecule has 10 nitrogen and oxygen atoms in total. The van der Waals surface area contributed by atoms with Gasteiger partial charge in [0.25, 0.3) is 21.6 Å². The summed E-state index contributed by atoms with van der Waals surface area (Å²) in [5.74, 6) is 0.598. The monoisotopic (exact) mass is 499 g/mol. The second-order valence-corrected chi connectivity index (χ2v) is 9.08. The smallest absolute Gasteiger partial charge is 0.271 e. The summed E-state index contributed by atoms with van der Waals surface area (Å²) in [6.07, 6.45) is 1.49. The van der Waals surface area contributed by atoms with E-state index in [1.54, 1.807) is 0 Å². The molecule has 0 spiro atoms. The lowest BCUT2D eigenvalue weighted by molar-refractivity contribution is -0.384. The Labute approximate surface area is 203 Å². The summed E-state index contributed by atoms with van der Waals surface area (Å²) in [6.45, 7) is 0.986. The van der Waals surface area contributed by atoms with Gasteiger partial charge in [0.05, 0.1) is 29.2 Å². The van der Waals surface area contributed by atoms with Crippen molar-refractivity contribution >= 4 is 27.3 Å². The number of hydrogen-bond acceptors (Lipinski definition) is 7. The number of sulfonamides is 1. The Hall–Kier alpha value is -4.12. The number of nitro benzene ring substituents is 1. The molecule has 0 aliphatic heterocycles. The molecule has 0 heterocycles. The highest BCUT2D eigenvalue weighted by atomic mass is 32.2. The lowest BCUT2D eigenvalue weighted by Crippen LogP contribution is -2.24. The number of rotatable bonds is 12. The van der Waals surface area contributed by atoms with E-state index in [0.29, 0.717) is 18.7 Å². The van der Waals surface area contributed by atoms with Crippen LogP contribution >= 0.6 is 0 Å². The summed E-state index contributed by atoms with van der Waals surface area (Å²) >= 11 is 0. The second kappa shape index (κ2) is 11.8. The average Bonchev–Trinajstić information content (AvgIpc) is 2.86. The van der Waals surface area contributed by atoms with Gasteiger partial charge in [-0.25, -0.2) is 8.42 Å². The number of non-ortho nitro benzene ring substituents is 1. The Kier molecular flexibility index (Phi) is 8.63. The van der Waals surface area contributed by atoms with Gasteiger partial charge < -0.3 is 14.8 Å². The summed E-state index contributed by atoms with van der Waals surface area (Å²) in [5, 5.41) is 13.8. The molecule has 1 amide bonds. The Morgan fingerprint density at radius 2 is 1.71 bits per heavy atom. The van der Waals surface area contributed by atoms with Crippen LogP contribution in [0.15, 0.2) is 77.7 Å². The van der Waals surface area contributed by atoms with Crippen LogP contribution in [0.25, 0.3) is 0 Å². The number of anilines is 1. The number of hydrogen-bond donors (Lipinski definition) is 2. The first kappa shape index (κ1) is 25.5. The fraction of sp³-hybridized carbons (Fsp3) is 0.208. The fourth-order valence-corrected chi connectivity index (χ4v) is 4.18. The van der Waals surface area contributed by atoms with Crippen LogP contribution in [0.4, 0.5) is 11.4 Å². The third-order valence-corrected chi connectivity index (χ3v) is 6.32. The molecule has 3 rings (SSSR count). The number of unbranched alkanes of at least 4 members (excludes halogenated alkanes) is 1. The minimum Gasteiger partial charge on any atom is -0.495 e. The highest BCUT2D eigenvalue weighted by molar-refractivity contribution is 7.92. The van der Waals surface area contributed by atoms with Crippen LogP contribution in [0.2, 0.25) is 0 Å². The van der Waals surface area contributed by atoms with E-state index >= 15 is 0 Å². The van der Waals surface area contributed by atoms with Crippen molar-refractivity contribution in [2.45, 2.75) is 17.7 Å². The summed E-state index contributed by atoms with van der Waals surface area (Å²) in [5.41, 5.74) is -0.0562. The van der Waals surface area contributed by atoms with Gasteiger partial charge in [-0.05, 0) is 55.3 Å². The zero-order valence-electron chi connectivity index (χ0n) is 19.0. The van der Waals surface area contributed by atoms with Crippen LogP contribution in [0.1, 0.15) is 23.2 Å². The quantitative estimate of drug-likeness (QED) is 0.218. The Balaban J connectivity index is 1.53. The van der Waals surface area contributed by atoms with Crippen molar-refractivity contribution in [3.63, 3.8) is 0 Å². The van der Waals surface area contributed by atoms with Crippen LogP contribution in [-0.4, -0.2) is 39.5 Å². The number of ether oxygens (including phenoxy) is 2. The summed E-state index contributed by atoms with van der Waals surface area (Å²) in [7, 11) is -2.76. The number of carbonyl (C=O) groups excluding carboxylic acids is 1. The standard InChI is InChI=1S/C24H25N3O7S/c1-33-23-14-11-19(27(29)30)17-22(23)26-35(31,32)21-12-9-18(10-13-21)24(28)25-15-5-6-16-34-20-7-3-2-4-8-20/h2-4,7-14,17,26H,5-6,15-16H2,1H3,(H,25,28). The van der Waals surface area contributed by atoms with E-state index in [2.05, 4.69) is 10.0 Å². The number of amides is 1. The van der Waals surface area contributed by atoms with Gasteiger partial charge in [-0.3, -0.25) is 19.6 Å². The molecule has 0 radical (unpaired) electrons. The first-order valence-electron chi connectivity index (χ1n) is 10.7. The van der Waals surface area contributed by atoms with Crippen molar-refractivity contribution in [2.75, 3.05) is 25.0 Å².